The number of fused-ring (bicyclic) bond motifs is 3. The van der Waals surface area contributed by atoms with Crippen LogP contribution in [-0.4, -0.2) is 11.2 Å². The average Bonchev–Trinajstić information content (AvgIpc) is 2.96. The summed E-state index contributed by atoms with van der Waals surface area (Å²) in [6.45, 7) is 13.3. The molecule has 3 aliphatic rings. The summed E-state index contributed by atoms with van der Waals surface area (Å²) >= 11 is 0. The molecule has 3 saturated carbocycles. The van der Waals surface area contributed by atoms with E-state index in [2.05, 4.69) is 46.4 Å². The fourth-order valence-corrected chi connectivity index (χ4v) is 7.03. The van der Waals surface area contributed by atoms with Gasteiger partial charge in [-0.1, -0.05) is 43.2 Å². The molecule has 1 heteroatoms. The summed E-state index contributed by atoms with van der Waals surface area (Å²) in [5, 5.41) is 10.1. The van der Waals surface area contributed by atoms with Crippen LogP contribution in [0.3, 0.4) is 0 Å². The predicted molar refractivity (Wildman–Crippen MR) is 107 cm³/mol. The van der Waals surface area contributed by atoms with Crippen molar-refractivity contribution in [3.05, 3.63) is 36.0 Å². The van der Waals surface area contributed by atoms with Gasteiger partial charge in [0.2, 0.25) is 0 Å². The fourth-order valence-electron chi connectivity index (χ4n) is 7.03. The Hall–Kier alpha value is -0.820. The van der Waals surface area contributed by atoms with Crippen LogP contribution in [0.4, 0.5) is 0 Å². The molecule has 0 aliphatic heterocycles. The maximum absolute atomic E-state index is 10.1. The van der Waals surface area contributed by atoms with Gasteiger partial charge in [-0.3, -0.25) is 0 Å². The molecule has 3 aliphatic carbocycles. The van der Waals surface area contributed by atoms with Crippen LogP contribution in [0.2, 0.25) is 0 Å². The quantitative estimate of drug-likeness (QED) is 0.582. The smallest absolute Gasteiger partial charge is 0.0718 e. The van der Waals surface area contributed by atoms with E-state index in [0.717, 1.165) is 30.6 Å². The zero-order valence-electron chi connectivity index (χ0n) is 16.9. The van der Waals surface area contributed by atoms with Gasteiger partial charge in [-0.25, -0.2) is 0 Å². The third-order valence-electron chi connectivity index (χ3n) is 8.51. The van der Waals surface area contributed by atoms with Crippen molar-refractivity contribution in [2.75, 3.05) is 0 Å². The lowest BCUT2D eigenvalue weighted by Gasteiger charge is -2.57. The molecule has 0 aromatic carbocycles. The van der Waals surface area contributed by atoms with E-state index in [1.165, 1.54) is 38.5 Å². The number of aliphatic hydroxyl groups excluding tert-OH is 1. The van der Waals surface area contributed by atoms with Crippen molar-refractivity contribution in [3.63, 3.8) is 0 Å². The second kappa shape index (κ2) is 7.06. The first-order chi connectivity index (χ1) is 11.9. The molecular formula is C24H38O. The average molecular weight is 343 g/mol. The molecule has 1 N–H and O–H groups in total. The van der Waals surface area contributed by atoms with Gasteiger partial charge >= 0.3 is 0 Å². The van der Waals surface area contributed by atoms with Crippen molar-refractivity contribution in [1.29, 1.82) is 0 Å². The van der Waals surface area contributed by atoms with Crippen molar-refractivity contribution in [1.82, 2.24) is 0 Å². The van der Waals surface area contributed by atoms with E-state index < -0.39 is 0 Å². The molecule has 6 atom stereocenters. The minimum absolute atomic E-state index is 0.266. The lowest BCUT2D eigenvalue weighted by Crippen LogP contribution is -2.48. The summed E-state index contributed by atoms with van der Waals surface area (Å²) in [5.41, 5.74) is 4.11. The van der Waals surface area contributed by atoms with Gasteiger partial charge in [0.15, 0.2) is 0 Å². The largest absolute Gasteiger partial charge is 0.389 e. The van der Waals surface area contributed by atoms with Gasteiger partial charge in [-0.05, 0) is 93.8 Å². The highest BCUT2D eigenvalue weighted by molar-refractivity contribution is 5.27. The lowest BCUT2D eigenvalue weighted by molar-refractivity contribution is -0.0260. The van der Waals surface area contributed by atoms with Crippen molar-refractivity contribution in [2.45, 2.75) is 85.2 Å². The van der Waals surface area contributed by atoms with Gasteiger partial charge in [0, 0.05) is 0 Å². The van der Waals surface area contributed by atoms with E-state index in [-0.39, 0.29) is 11.5 Å². The predicted octanol–water partition coefficient (Wildman–Crippen LogP) is 6.45. The molecule has 0 bridgehead atoms. The number of aliphatic hydroxyl groups is 1. The standard InChI is InChI=1S/C24H38O/c1-6-17-9-11-20-21-12-10-18(7-2)24(21,5)16-14-22(20)23(17,4)15-13-19(25)8-3/h6-8,19-22,25H,3,9-16H2,1-2,4-5H3/t19?,20?,21?,22?,23-,24+/m1/s1. The molecule has 3 rings (SSSR count). The van der Waals surface area contributed by atoms with E-state index in [0.29, 0.717) is 5.41 Å². The third-order valence-corrected chi connectivity index (χ3v) is 8.51. The second-order valence-electron chi connectivity index (χ2n) is 9.30. The molecule has 0 saturated heterocycles. The van der Waals surface area contributed by atoms with Crippen LogP contribution in [-0.2, 0) is 0 Å². The molecular weight excluding hydrogens is 304 g/mol. The Bertz CT molecular complexity index is 571. The monoisotopic (exact) mass is 342 g/mol. The van der Waals surface area contributed by atoms with E-state index in [1.54, 1.807) is 17.2 Å². The highest BCUT2D eigenvalue weighted by atomic mass is 16.3. The summed E-state index contributed by atoms with van der Waals surface area (Å²) in [6.07, 6.45) is 16.2. The molecule has 3 fully saturated rings. The molecule has 140 valence electrons. The summed E-state index contributed by atoms with van der Waals surface area (Å²) in [5.74, 6) is 2.53. The zero-order chi connectivity index (χ0) is 18.2. The molecule has 0 heterocycles. The molecule has 0 aromatic rings. The van der Waals surface area contributed by atoms with Gasteiger partial charge in [0.25, 0.3) is 0 Å². The number of hydrogen-bond donors (Lipinski definition) is 1. The van der Waals surface area contributed by atoms with Crippen LogP contribution in [0.5, 0.6) is 0 Å². The summed E-state index contributed by atoms with van der Waals surface area (Å²) in [7, 11) is 0. The van der Waals surface area contributed by atoms with Gasteiger partial charge in [0.1, 0.15) is 0 Å². The first-order valence-corrected chi connectivity index (χ1v) is 10.5. The Morgan fingerprint density at radius 1 is 1.08 bits per heavy atom. The Morgan fingerprint density at radius 2 is 1.76 bits per heavy atom. The zero-order valence-corrected chi connectivity index (χ0v) is 16.9. The van der Waals surface area contributed by atoms with E-state index in [9.17, 15) is 5.11 Å². The summed E-state index contributed by atoms with van der Waals surface area (Å²) < 4.78 is 0. The fraction of sp³-hybridized carbons (Fsp3) is 0.750. The summed E-state index contributed by atoms with van der Waals surface area (Å²) in [6, 6.07) is 0. The maximum atomic E-state index is 10.1. The van der Waals surface area contributed by atoms with Gasteiger partial charge in [-0.15, -0.1) is 6.58 Å². The Morgan fingerprint density at radius 3 is 2.40 bits per heavy atom. The Kier molecular flexibility index (Phi) is 5.36. The molecule has 0 spiro atoms. The first kappa shape index (κ1) is 19.0. The number of hydrogen-bond acceptors (Lipinski definition) is 1. The van der Waals surface area contributed by atoms with Crippen LogP contribution in [0, 0.1) is 28.6 Å². The Balaban J connectivity index is 1.89. The van der Waals surface area contributed by atoms with Crippen LogP contribution in [0.15, 0.2) is 36.0 Å². The third kappa shape index (κ3) is 2.97. The lowest BCUT2D eigenvalue weighted by atomic mass is 9.48. The normalized spacial score (nSPS) is 45.2. The molecule has 0 radical (unpaired) electrons. The van der Waals surface area contributed by atoms with Gasteiger partial charge in [-0.2, -0.15) is 0 Å². The SMILES string of the molecule is C=CC(O)CC[C@]1(C)C(=CC)CCC2C3CCC(=CC)[C@]3(C)CCC21. The van der Waals surface area contributed by atoms with Crippen LogP contribution in [0.1, 0.15) is 79.1 Å². The second-order valence-corrected chi connectivity index (χ2v) is 9.30. The molecule has 0 aromatic heterocycles. The molecule has 0 amide bonds. The van der Waals surface area contributed by atoms with Gasteiger partial charge in [0.05, 0.1) is 6.10 Å². The Labute approximate surface area is 155 Å². The number of allylic oxidation sites excluding steroid dienone is 4. The molecule has 25 heavy (non-hydrogen) atoms. The highest BCUT2D eigenvalue weighted by Crippen LogP contribution is 2.66. The van der Waals surface area contributed by atoms with Crippen molar-refractivity contribution in [2.24, 2.45) is 28.6 Å². The van der Waals surface area contributed by atoms with Crippen molar-refractivity contribution < 1.29 is 5.11 Å². The molecule has 1 nitrogen and oxygen atoms in total. The van der Waals surface area contributed by atoms with E-state index in [4.69, 9.17) is 0 Å². The van der Waals surface area contributed by atoms with Gasteiger partial charge < -0.3 is 5.11 Å². The first-order valence-electron chi connectivity index (χ1n) is 10.5. The van der Waals surface area contributed by atoms with Crippen molar-refractivity contribution >= 4 is 0 Å². The minimum atomic E-state index is -0.356. The summed E-state index contributed by atoms with van der Waals surface area (Å²) in [4.78, 5) is 0. The molecule has 4 unspecified atom stereocenters. The van der Waals surface area contributed by atoms with E-state index >= 15 is 0 Å². The highest BCUT2D eigenvalue weighted by Gasteiger charge is 2.56. The topological polar surface area (TPSA) is 20.2 Å². The van der Waals surface area contributed by atoms with Crippen LogP contribution < -0.4 is 0 Å². The van der Waals surface area contributed by atoms with E-state index in [1.807, 2.05) is 0 Å². The maximum Gasteiger partial charge on any atom is 0.0718 e. The minimum Gasteiger partial charge on any atom is -0.389 e. The van der Waals surface area contributed by atoms with Crippen molar-refractivity contribution in [3.8, 4) is 0 Å². The number of rotatable bonds is 4. The van der Waals surface area contributed by atoms with Crippen LogP contribution >= 0.6 is 0 Å². The van der Waals surface area contributed by atoms with Crippen LogP contribution in [0.25, 0.3) is 0 Å².